The zero-order valence-corrected chi connectivity index (χ0v) is 11.7. The molecule has 0 saturated carbocycles. The Kier molecular flexibility index (Phi) is 3.87. The third-order valence-corrected chi connectivity index (χ3v) is 3.14. The normalized spacial score (nSPS) is 10.4. The van der Waals surface area contributed by atoms with Gasteiger partial charge in [0.2, 0.25) is 0 Å². The molecule has 0 radical (unpaired) electrons. The van der Waals surface area contributed by atoms with Crippen molar-refractivity contribution in [2.24, 2.45) is 0 Å². The lowest BCUT2D eigenvalue weighted by atomic mass is 10.2. The van der Waals surface area contributed by atoms with Crippen molar-refractivity contribution >= 4 is 28.5 Å². The van der Waals surface area contributed by atoms with Crippen LogP contribution in [0.3, 0.4) is 0 Å². The quantitative estimate of drug-likeness (QED) is 0.727. The number of esters is 1. The second-order valence-electron chi connectivity index (χ2n) is 4.76. The summed E-state index contributed by atoms with van der Waals surface area (Å²) in [4.78, 5) is 26.6. The number of hydrogen-bond acceptors (Lipinski definition) is 3. The number of rotatable bonds is 4. The van der Waals surface area contributed by atoms with Crippen molar-refractivity contribution in [2.75, 3.05) is 11.9 Å². The third-order valence-electron chi connectivity index (χ3n) is 3.14. The highest BCUT2D eigenvalue weighted by Crippen LogP contribution is 2.15. The van der Waals surface area contributed by atoms with E-state index in [1.165, 1.54) is 0 Å². The first-order valence-electron chi connectivity index (χ1n) is 6.82. The van der Waals surface area contributed by atoms with Gasteiger partial charge in [0.1, 0.15) is 5.69 Å². The van der Waals surface area contributed by atoms with Crippen LogP contribution in [0, 0.1) is 0 Å². The number of ether oxygens (including phenoxy) is 1. The number of fused-ring (bicyclic) bond motifs is 1. The predicted molar refractivity (Wildman–Crippen MR) is 83.7 cm³/mol. The first kappa shape index (κ1) is 13.9. The molecule has 110 valence electrons. The summed E-state index contributed by atoms with van der Waals surface area (Å²) in [5.74, 6) is -0.935. The van der Waals surface area contributed by atoms with Gasteiger partial charge in [-0.1, -0.05) is 36.4 Å². The van der Waals surface area contributed by atoms with Gasteiger partial charge in [-0.25, -0.2) is 4.79 Å². The summed E-state index contributed by atoms with van der Waals surface area (Å²) < 4.78 is 5.01. The van der Waals surface area contributed by atoms with Crippen molar-refractivity contribution in [3.63, 3.8) is 0 Å². The summed E-state index contributed by atoms with van der Waals surface area (Å²) in [7, 11) is 0. The van der Waals surface area contributed by atoms with Crippen LogP contribution in [0.4, 0.5) is 5.69 Å². The molecule has 0 aliphatic carbocycles. The van der Waals surface area contributed by atoms with Crippen LogP contribution in [0.2, 0.25) is 0 Å². The van der Waals surface area contributed by atoms with E-state index in [0.29, 0.717) is 11.4 Å². The average Bonchev–Trinajstić information content (AvgIpc) is 2.98. The molecule has 3 rings (SSSR count). The molecular weight excluding hydrogens is 280 g/mol. The zero-order chi connectivity index (χ0) is 15.4. The molecule has 0 aliphatic rings. The monoisotopic (exact) mass is 294 g/mol. The molecule has 2 N–H and O–H groups in total. The fraction of sp³-hybridized carbons (Fsp3) is 0.0588. The summed E-state index contributed by atoms with van der Waals surface area (Å²) in [5, 5.41) is 3.57. The molecule has 22 heavy (non-hydrogen) atoms. The molecule has 1 aromatic heterocycles. The smallest absolute Gasteiger partial charge is 0.355 e. The molecule has 0 bridgehead atoms. The number of carbonyl (C=O) groups is 2. The van der Waals surface area contributed by atoms with Gasteiger partial charge in [0.25, 0.3) is 5.91 Å². The van der Waals surface area contributed by atoms with E-state index in [-0.39, 0.29) is 12.5 Å². The Morgan fingerprint density at radius 3 is 2.50 bits per heavy atom. The Hall–Kier alpha value is -3.08. The number of benzene rings is 2. The number of anilines is 1. The van der Waals surface area contributed by atoms with Crippen LogP contribution < -0.4 is 5.32 Å². The fourth-order valence-corrected chi connectivity index (χ4v) is 2.11. The van der Waals surface area contributed by atoms with E-state index < -0.39 is 5.97 Å². The maximum atomic E-state index is 11.9. The first-order chi connectivity index (χ1) is 10.7. The minimum absolute atomic E-state index is 0.328. The number of carbonyl (C=O) groups excluding carboxylic acids is 2. The molecule has 5 heteroatoms. The maximum absolute atomic E-state index is 11.9. The molecule has 0 unspecified atom stereocenters. The standard InChI is InChI=1S/C17H14N2O3/c20-16(18-13-7-2-1-3-8-13)11-22-17(21)15-10-12-6-4-5-9-14(12)19-15/h1-10,19H,11H2,(H,18,20). The summed E-state index contributed by atoms with van der Waals surface area (Å²) in [6, 6.07) is 18.2. The molecule has 1 amide bonds. The van der Waals surface area contributed by atoms with Gasteiger partial charge in [0.05, 0.1) is 0 Å². The molecule has 0 fully saturated rings. The fourth-order valence-electron chi connectivity index (χ4n) is 2.11. The van der Waals surface area contributed by atoms with Gasteiger partial charge in [-0.05, 0) is 24.3 Å². The number of H-pyrrole nitrogens is 1. The molecule has 2 aromatic carbocycles. The van der Waals surface area contributed by atoms with E-state index in [2.05, 4.69) is 10.3 Å². The largest absolute Gasteiger partial charge is 0.451 e. The zero-order valence-electron chi connectivity index (χ0n) is 11.7. The highest BCUT2D eigenvalue weighted by Gasteiger charge is 2.12. The number of para-hydroxylation sites is 2. The summed E-state index contributed by atoms with van der Waals surface area (Å²) in [6.07, 6.45) is 0. The lowest BCUT2D eigenvalue weighted by molar-refractivity contribution is -0.119. The molecular formula is C17H14N2O3. The predicted octanol–water partition coefficient (Wildman–Crippen LogP) is 2.96. The topological polar surface area (TPSA) is 71.2 Å². The van der Waals surface area contributed by atoms with Crippen molar-refractivity contribution < 1.29 is 14.3 Å². The van der Waals surface area contributed by atoms with Crippen LogP contribution in [0.1, 0.15) is 10.5 Å². The summed E-state index contributed by atoms with van der Waals surface area (Å²) >= 11 is 0. The SMILES string of the molecule is O=C(COC(=O)c1cc2ccccc2[nH]1)Nc1ccccc1. The van der Waals surface area contributed by atoms with Gasteiger partial charge in [-0.3, -0.25) is 4.79 Å². The average molecular weight is 294 g/mol. The lowest BCUT2D eigenvalue weighted by Crippen LogP contribution is -2.21. The number of nitrogens with one attached hydrogen (secondary N) is 2. The van der Waals surface area contributed by atoms with Crippen LogP contribution in [0.5, 0.6) is 0 Å². The van der Waals surface area contributed by atoms with E-state index in [1.54, 1.807) is 18.2 Å². The summed E-state index contributed by atoms with van der Waals surface area (Å²) in [6.45, 7) is -0.330. The molecule has 0 atom stereocenters. The number of aromatic amines is 1. The van der Waals surface area contributed by atoms with Gasteiger partial charge in [0.15, 0.2) is 6.61 Å². The second kappa shape index (κ2) is 6.13. The Bertz CT molecular complexity index is 776. The van der Waals surface area contributed by atoms with Crippen molar-refractivity contribution in [3.8, 4) is 0 Å². The van der Waals surface area contributed by atoms with E-state index in [4.69, 9.17) is 4.74 Å². The van der Waals surface area contributed by atoms with Crippen molar-refractivity contribution in [2.45, 2.75) is 0 Å². The van der Waals surface area contributed by atoms with E-state index >= 15 is 0 Å². The van der Waals surface area contributed by atoms with Crippen LogP contribution in [-0.2, 0) is 9.53 Å². The third kappa shape index (κ3) is 3.15. The molecule has 3 aromatic rings. The van der Waals surface area contributed by atoms with Crippen molar-refractivity contribution in [1.82, 2.24) is 4.98 Å². The molecule has 1 heterocycles. The number of hydrogen-bond donors (Lipinski definition) is 2. The minimum Gasteiger partial charge on any atom is -0.451 e. The first-order valence-corrected chi connectivity index (χ1v) is 6.82. The number of amides is 1. The van der Waals surface area contributed by atoms with E-state index in [1.807, 2.05) is 42.5 Å². The molecule has 5 nitrogen and oxygen atoms in total. The Morgan fingerprint density at radius 1 is 1.00 bits per heavy atom. The van der Waals surface area contributed by atoms with E-state index in [0.717, 1.165) is 10.9 Å². The van der Waals surface area contributed by atoms with Crippen LogP contribution in [0.25, 0.3) is 10.9 Å². The van der Waals surface area contributed by atoms with Gasteiger partial charge >= 0.3 is 5.97 Å². The van der Waals surface area contributed by atoms with Gasteiger partial charge in [0, 0.05) is 16.6 Å². The van der Waals surface area contributed by atoms with Gasteiger partial charge in [-0.2, -0.15) is 0 Å². The molecule has 0 spiro atoms. The van der Waals surface area contributed by atoms with Crippen LogP contribution in [0.15, 0.2) is 60.7 Å². The number of aromatic nitrogens is 1. The van der Waals surface area contributed by atoms with E-state index in [9.17, 15) is 9.59 Å². The van der Waals surface area contributed by atoms with Crippen LogP contribution >= 0.6 is 0 Å². The summed E-state index contributed by atoms with van der Waals surface area (Å²) in [5.41, 5.74) is 1.84. The van der Waals surface area contributed by atoms with Crippen molar-refractivity contribution in [1.29, 1.82) is 0 Å². The lowest BCUT2D eigenvalue weighted by Gasteiger charge is -2.05. The Balaban J connectivity index is 1.59. The van der Waals surface area contributed by atoms with Gasteiger partial charge < -0.3 is 15.0 Å². The van der Waals surface area contributed by atoms with Crippen LogP contribution in [-0.4, -0.2) is 23.5 Å². The maximum Gasteiger partial charge on any atom is 0.355 e. The van der Waals surface area contributed by atoms with Gasteiger partial charge in [-0.15, -0.1) is 0 Å². The molecule has 0 aliphatic heterocycles. The van der Waals surface area contributed by atoms with Crippen molar-refractivity contribution in [3.05, 3.63) is 66.4 Å². The minimum atomic E-state index is -0.556. The Morgan fingerprint density at radius 2 is 1.73 bits per heavy atom. The molecule has 0 saturated heterocycles. The highest BCUT2D eigenvalue weighted by molar-refractivity contribution is 5.97. The Labute approximate surface area is 126 Å². The second-order valence-corrected chi connectivity index (χ2v) is 4.76. The highest BCUT2D eigenvalue weighted by atomic mass is 16.5.